The smallest absolute Gasteiger partial charge is 0.204 e. The molecule has 5 rings (SSSR count). The highest BCUT2D eigenvalue weighted by Crippen LogP contribution is 2.41. The molecule has 0 saturated heterocycles. The number of anilines is 1. The molecule has 4 nitrogen and oxygen atoms in total. The van der Waals surface area contributed by atoms with E-state index in [1.165, 1.54) is 11.1 Å². The summed E-state index contributed by atoms with van der Waals surface area (Å²) in [4.78, 5) is 4.87. The molecule has 1 aliphatic heterocycles. The third kappa shape index (κ3) is 2.74. The minimum Gasteiger partial charge on any atom is -0.497 e. The minimum absolute atomic E-state index is 0.213. The van der Waals surface area contributed by atoms with Gasteiger partial charge in [0.1, 0.15) is 5.75 Å². The van der Waals surface area contributed by atoms with Crippen molar-refractivity contribution in [1.29, 1.82) is 0 Å². The molecule has 3 aromatic carbocycles. The summed E-state index contributed by atoms with van der Waals surface area (Å²) in [5.41, 5.74) is 4.73. The van der Waals surface area contributed by atoms with Crippen LogP contribution in [0.15, 0.2) is 78.9 Å². The Labute approximate surface area is 158 Å². The molecule has 2 atom stereocenters. The Morgan fingerprint density at radius 3 is 2.41 bits per heavy atom. The van der Waals surface area contributed by atoms with Crippen molar-refractivity contribution in [3.8, 4) is 5.75 Å². The molecule has 0 amide bonds. The number of nitrogens with one attached hydrogen (secondary N) is 1. The first-order valence-corrected chi connectivity index (χ1v) is 9.26. The zero-order chi connectivity index (χ0) is 18.2. The number of benzene rings is 3. The fraction of sp³-hybridized carbons (Fsp3) is 0.174. The van der Waals surface area contributed by atoms with Crippen molar-refractivity contribution in [2.75, 3.05) is 12.4 Å². The fourth-order valence-corrected chi connectivity index (χ4v) is 4.02. The van der Waals surface area contributed by atoms with E-state index in [1.54, 1.807) is 7.11 Å². The van der Waals surface area contributed by atoms with Gasteiger partial charge in [0.05, 0.1) is 30.2 Å². The number of fused-ring (bicyclic) bond motifs is 3. The molecule has 4 aromatic rings. The van der Waals surface area contributed by atoms with Crippen LogP contribution in [0.25, 0.3) is 11.0 Å². The lowest BCUT2D eigenvalue weighted by Crippen LogP contribution is -2.27. The molecule has 0 saturated carbocycles. The van der Waals surface area contributed by atoms with Crippen LogP contribution in [-0.4, -0.2) is 16.7 Å². The van der Waals surface area contributed by atoms with Crippen LogP contribution in [0.5, 0.6) is 5.75 Å². The summed E-state index contributed by atoms with van der Waals surface area (Å²) in [5.74, 6) is 1.81. The number of hydrogen-bond acceptors (Lipinski definition) is 3. The highest BCUT2D eigenvalue weighted by Gasteiger charge is 2.30. The van der Waals surface area contributed by atoms with Gasteiger partial charge in [0.15, 0.2) is 0 Å². The maximum Gasteiger partial charge on any atom is 0.204 e. The topological polar surface area (TPSA) is 39.1 Å². The molecule has 2 heterocycles. The van der Waals surface area contributed by atoms with E-state index in [-0.39, 0.29) is 12.1 Å². The zero-order valence-corrected chi connectivity index (χ0v) is 15.2. The van der Waals surface area contributed by atoms with Crippen molar-refractivity contribution in [2.24, 2.45) is 0 Å². The van der Waals surface area contributed by atoms with E-state index in [0.717, 1.165) is 29.2 Å². The van der Waals surface area contributed by atoms with E-state index in [1.807, 2.05) is 18.2 Å². The quantitative estimate of drug-likeness (QED) is 0.549. The molecule has 2 unspecified atom stereocenters. The minimum atomic E-state index is 0.213. The average Bonchev–Trinajstić information content (AvgIpc) is 3.12. The second kappa shape index (κ2) is 6.47. The summed E-state index contributed by atoms with van der Waals surface area (Å²) < 4.78 is 7.67. The van der Waals surface area contributed by atoms with Gasteiger partial charge in [0.25, 0.3) is 0 Å². The van der Waals surface area contributed by atoms with E-state index in [4.69, 9.17) is 9.72 Å². The van der Waals surface area contributed by atoms with Crippen LogP contribution >= 0.6 is 0 Å². The molecule has 1 aromatic heterocycles. The molecular weight excluding hydrogens is 334 g/mol. The van der Waals surface area contributed by atoms with Crippen LogP contribution in [0.4, 0.5) is 5.95 Å². The van der Waals surface area contributed by atoms with Crippen molar-refractivity contribution < 1.29 is 4.74 Å². The Morgan fingerprint density at radius 1 is 0.889 bits per heavy atom. The van der Waals surface area contributed by atoms with Gasteiger partial charge in [-0.05, 0) is 41.8 Å². The van der Waals surface area contributed by atoms with Gasteiger partial charge < -0.3 is 14.6 Å². The molecule has 0 radical (unpaired) electrons. The first kappa shape index (κ1) is 15.9. The Balaban J connectivity index is 1.65. The largest absolute Gasteiger partial charge is 0.497 e. The highest BCUT2D eigenvalue weighted by molar-refractivity contribution is 5.79. The normalized spacial score (nSPS) is 18.7. The first-order chi connectivity index (χ1) is 13.3. The summed E-state index contributed by atoms with van der Waals surface area (Å²) in [5, 5.41) is 3.65. The molecular formula is C23H21N3O. The van der Waals surface area contributed by atoms with E-state index in [0.29, 0.717) is 0 Å². The molecule has 0 aliphatic carbocycles. The summed E-state index contributed by atoms with van der Waals surface area (Å²) in [7, 11) is 1.70. The van der Waals surface area contributed by atoms with Crippen molar-refractivity contribution >= 4 is 17.0 Å². The predicted molar refractivity (Wildman–Crippen MR) is 108 cm³/mol. The number of nitrogens with zero attached hydrogens (tertiary/aromatic N) is 2. The van der Waals surface area contributed by atoms with Gasteiger partial charge in [-0.3, -0.25) is 0 Å². The number of ether oxygens (including phenoxy) is 1. The molecule has 4 heteroatoms. The lowest BCUT2D eigenvalue weighted by Gasteiger charge is -2.33. The van der Waals surface area contributed by atoms with Gasteiger partial charge in [-0.2, -0.15) is 0 Å². The maximum absolute atomic E-state index is 5.34. The number of methoxy groups -OCH3 is 1. The van der Waals surface area contributed by atoms with Crippen LogP contribution in [0.1, 0.15) is 29.6 Å². The van der Waals surface area contributed by atoms with Gasteiger partial charge in [-0.15, -0.1) is 0 Å². The lowest BCUT2D eigenvalue weighted by atomic mass is 9.93. The molecule has 0 fully saturated rings. The van der Waals surface area contributed by atoms with Crippen molar-refractivity contribution in [1.82, 2.24) is 9.55 Å². The van der Waals surface area contributed by atoms with E-state index in [9.17, 15) is 0 Å². The van der Waals surface area contributed by atoms with Crippen molar-refractivity contribution in [2.45, 2.75) is 18.5 Å². The molecule has 27 heavy (non-hydrogen) atoms. The number of aromatic nitrogens is 2. The highest BCUT2D eigenvalue weighted by atomic mass is 16.5. The summed E-state index contributed by atoms with van der Waals surface area (Å²) in [6.07, 6.45) is 0.962. The maximum atomic E-state index is 5.34. The molecule has 1 N–H and O–H groups in total. The van der Waals surface area contributed by atoms with Crippen molar-refractivity contribution in [3.63, 3.8) is 0 Å². The van der Waals surface area contributed by atoms with E-state index < -0.39 is 0 Å². The van der Waals surface area contributed by atoms with Gasteiger partial charge in [-0.25, -0.2) is 4.98 Å². The third-order valence-corrected chi connectivity index (χ3v) is 5.37. The van der Waals surface area contributed by atoms with Crippen LogP contribution in [0.3, 0.4) is 0 Å². The summed E-state index contributed by atoms with van der Waals surface area (Å²) in [6, 6.07) is 27.8. The molecule has 0 spiro atoms. The fourth-order valence-electron chi connectivity index (χ4n) is 4.02. The van der Waals surface area contributed by atoms with Gasteiger partial charge in [0.2, 0.25) is 5.95 Å². The molecule has 1 aliphatic rings. The second-order valence-corrected chi connectivity index (χ2v) is 6.93. The number of para-hydroxylation sites is 2. The molecule has 0 bridgehead atoms. The zero-order valence-electron chi connectivity index (χ0n) is 15.2. The lowest BCUT2D eigenvalue weighted by molar-refractivity contribution is 0.414. The van der Waals surface area contributed by atoms with Gasteiger partial charge >= 0.3 is 0 Å². The average molecular weight is 355 g/mol. The second-order valence-electron chi connectivity index (χ2n) is 6.93. The van der Waals surface area contributed by atoms with Crippen LogP contribution in [0.2, 0.25) is 0 Å². The van der Waals surface area contributed by atoms with Gasteiger partial charge in [0, 0.05) is 0 Å². The van der Waals surface area contributed by atoms with Crippen LogP contribution < -0.4 is 10.1 Å². The number of imidazole rings is 1. The Morgan fingerprint density at radius 2 is 1.63 bits per heavy atom. The summed E-state index contributed by atoms with van der Waals surface area (Å²) >= 11 is 0. The Bertz CT molecular complexity index is 1070. The van der Waals surface area contributed by atoms with Crippen LogP contribution in [0, 0.1) is 0 Å². The van der Waals surface area contributed by atoms with E-state index >= 15 is 0 Å². The first-order valence-electron chi connectivity index (χ1n) is 9.26. The third-order valence-electron chi connectivity index (χ3n) is 5.37. The number of hydrogen-bond donors (Lipinski definition) is 1. The Hall–Kier alpha value is -3.27. The Kier molecular flexibility index (Phi) is 3.82. The van der Waals surface area contributed by atoms with Gasteiger partial charge in [-0.1, -0.05) is 54.6 Å². The van der Waals surface area contributed by atoms with E-state index in [2.05, 4.69) is 70.5 Å². The predicted octanol–water partition coefficient (Wildman–Crippen LogP) is 5.19. The van der Waals surface area contributed by atoms with Crippen LogP contribution in [-0.2, 0) is 0 Å². The van der Waals surface area contributed by atoms with Crippen molar-refractivity contribution in [3.05, 3.63) is 90.0 Å². The number of rotatable bonds is 3. The monoisotopic (exact) mass is 355 g/mol. The standard InChI is InChI=1S/C23H21N3O/c1-27-18-13-11-17(12-14-18)22-15-20(16-7-3-2-4-8-16)25-23-24-19-9-5-6-10-21(19)26(22)23/h2-14,20,22H,15H2,1H3,(H,24,25). The molecule has 134 valence electrons. The SMILES string of the molecule is COc1ccc(C2CC(c3ccccc3)Nc3nc4ccccc4n32)cc1. The summed E-state index contributed by atoms with van der Waals surface area (Å²) in [6.45, 7) is 0.